The molecule has 0 heterocycles. The second kappa shape index (κ2) is 7.42. The molecule has 0 fully saturated rings. The van der Waals surface area contributed by atoms with Crippen molar-refractivity contribution in [1.29, 1.82) is 0 Å². The van der Waals surface area contributed by atoms with Gasteiger partial charge in [-0.2, -0.15) is 0 Å². The predicted molar refractivity (Wildman–Crippen MR) is 88.2 cm³/mol. The summed E-state index contributed by atoms with van der Waals surface area (Å²) in [6.45, 7) is 4.24. The average Bonchev–Trinajstić information content (AvgIpc) is 2.50. The molecule has 0 radical (unpaired) electrons. The number of nitrogens with one attached hydrogen (secondary N) is 1. The fraction of sp³-hybridized carbons (Fsp3) is 0.250. The Bertz CT molecular complexity index is 808. The van der Waals surface area contributed by atoms with Crippen LogP contribution in [-0.2, 0) is 10.0 Å². The van der Waals surface area contributed by atoms with Crippen molar-refractivity contribution in [2.24, 2.45) is 0 Å². The van der Waals surface area contributed by atoms with E-state index in [4.69, 9.17) is 0 Å². The molecule has 124 valence electrons. The van der Waals surface area contributed by atoms with Gasteiger partial charge in [0.15, 0.2) is 11.6 Å². The van der Waals surface area contributed by atoms with Crippen molar-refractivity contribution in [3.05, 3.63) is 59.2 Å². The molecule has 0 unspecified atom stereocenters. The molecule has 2 aromatic carbocycles. The van der Waals surface area contributed by atoms with E-state index in [2.05, 4.69) is 4.72 Å². The Morgan fingerprint density at radius 2 is 1.74 bits per heavy atom. The van der Waals surface area contributed by atoms with Crippen LogP contribution in [-0.4, -0.2) is 20.7 Å². The third-order valence-corrected chi connectivity index (χ3v) is 5.80. The molecule has 2 rings (SSSR count). The largest absolute Gasteiger partial charge is 0.240 e. The van der Waals surface area contributed by atoms with E-state index in [0.717, 1.165) is 17.0 Å². The molecular formula is C16H17F2NO2S2. The zero-order chi connectivity index (χ0) is 17.0. The number of hydrogen-bond acceptors (Lipinski definition) is 3. The predicted octanol–water partition coefficient (Wildman–Crippen LogP) is 3.65. The van der Waals surface area contributed by atoms with E-state index >= 15 is 0 Å². The van der Waals surface area contributed by atoms with Gasteiger partial charge in [-0.25, -0.2) is 21.9 Å². The maximum absolute atomic E-state index is 13.1. The van der Waals surface area contributed by atoms with Crippen LogP contribution in [0.1, 0.15) is 11.1 Å². The fourth-order valence-corrected chi connectivity index (χ4v) is 3.91. The van der Waals surface area contributed by atoms with Crippen molar-refractivity contribution in [3.8, 4) is 0 Å². The minimum absolute atomic E-state index is 0.193. The highest BCUT2D eigenvalue weighted by Crippen LogP contribution is 2.21. The van der Waals surface area contributed by atoms with Crippen molar-refractivity contribution in [1.82, 2.24) is 4.72 Å². The molecule has 0 aromatic heterocycles. The van der Waals surface area contributed by atoms with Crippen molar-refractivity contribution in [2.45, 2.75) is 23.6 Å². The molecule has 0 aliphatic carbocycles. The fourth-order valence-electron chi connectivity index (χ4n) is 1.88. The van der Waals surface area contributed by atoms with E-state index in [1.807, 2.05) is 32.0 Å². The standard InChI is InChI=1S/C16H17F2NO2S2/c1-11-3-4-13(9-12(11)2)22-8-7-19-23(20,21)14-5-6-15(17)16(18)10-14/h3-6,9-10,19H,7-8H2,1-2H3. The quantitative estimate of drug-likeness (QED) is 0.634. The number of rotatable bonds is 6. The number of thioether (sulfide) groups is 1. The lowest BCUT2D eigenvalue weighted by molar-refractivity contribution is 0.504. The summed E-state index contributed by atoms with van der Waals surface area (Å²) in [6, 6.07) is 8.56. The van der Waals surface area contributed by atoms with Crippen LogP contribution in [0, 0.1) is 25.5 Å². The number of hydrogen-bond donors (Lipinski definition) is 1. The number of benzene rings is 2. The summed E-state index contributed by atoms with van der Waals surface area (Å²) >= 11 is 1.52. The first-order chi connectivity index (χ1) is 10.8. The molecular weight excluding hydrogens is 340 g/mol. The van der Waals surface area contributed by atoms with Crippen LogP contribution in [0.15, 0.2) is 46.2 Å². The molecule has 7 heteroatoms. The lowest BCUT2D eigenvalue weighted by Gasteiger charge is -2.08. The molecule has 0 aliphatic rings. The van der Waals surface area contributed by atoms with Gasteiger partial charge in [-0.3, -0.25) is 0 Å². The highest BCUT2D eigenvalue weighted by molar-refractivity contribution is 7.99. The first-order valence-electron chi connectivity index (χ1n) is 6.94. The third-order valence-electron chi connectivity index (χ3n) is 3.34. The summed E-state index contributed by atoms with van der Waals surface area (Å²) < 4.78 is 52.3. The van der Waals surface area contributed by atoms with E-state index in [9.17, 15) is 17.2 Å². The minimum atomic E-state index is -3.84. The highest BCUT2D eigenvalue weighted by atomic mass is 32.2. The minimum Gasteiger partial charge on any atom is -0.210 e. The van der Waals surface area contributed by atoms with Crippen molar-refractivity contribution in [2.75, 3.05) is 12.3 Å². The summed E-state index contributed by atoms with van der Waals surface area (Å²) in [6.07, 6.45) is 0. The van der Waals surface area contributed by atoms with E-state index in [-0.39, 0.29) is 11.4 Å². The second-order valence-electron chi connectivity index (χ2n) is 5.07. The van der Waals surface area contributed by atoms with Gasteiger partial charge in [-0.1, -0.05) is 6.07 Å². The number of sulfonamides is 1. The van der Waals surface area contributed by atoms with Crippen LogP contribution in [0.5, 0.6) is 0 Å². The lowest BCUT2D eigenvalue weighted by atomic mass is 10.1. The molecule has 1 N–H and O–H groups in total. The van der Waals surface area contributed by atoms with Crippen LogP contribution in [0.4, 0.5) is 8.78 Å². The molecule has 23 heavy (non-hydrogen) atoms. The van der Waals surface area contributed by atoms with Gasteiger partial charge in [0, 0.05) is 17.2 Å². The first-order valence-corrected chi connectivity index (χ1v) is 9.41. The van der Waals surface area contributed by atoms with Crippen molar-refractivity contribution < 1.29 is 17.2 Å². The Morgan fingerprint density at radius 3 is 2.39 bits per heavy atom. The Balaban J connectivity index is 1.92. The van der Waals surface area contributed by atoms with E-state index in [1.54, 1.807) is 0 Å². The van der Waals surface area contributed by atoms with Crippen LogP contribution in [0.2, 0.25) is 0 Å². The molecule has 2 aromatic rings. The zero-order valence-electron chi connectivity index (χ0n) is 12.8. The molecule has 0 aliphatic heterocycles. The maximum atomic E-state index is 13.1. The second-order valence-corrected chi connectivity index (χ2v) is 8.00. The van der Waals surface area contributed by atoms with Gasteiger partial charge >= 0.3 is 0 Å². The van der Waals surface area contributed by atoms with Crippen molar-refractivity contribution >= 4 is 21.8 Å². The van der Waals surface area contributed by atoms with Crippen LogP contribution in [0.25, 0.3) is 0 Å². The Hall–Kier alpha value is -1.44. The van der Waals surface area contributed by atoms with E-state index in [0.29, 0.717) is 11.8 Å². The molecule has 0 amide bonds. The van der Waals surface area contributed by atoms with Crippen LogP contribution in [0.3, 0.4) is 0 Å². The van der Waals surface area contributed by atoms with Gasteiger partial charge in [0.2, 0.25) is 10.0 Å². The summed E-state index contributed by atoms with van der Waals surface area (Å²) in [7, 11) is -3.84. The average molecular weight is 357 g/mol. The van der Waals surface area contributed by atoms with Crippen molar-refractivity contribution in [3.63, 3.8) is 0 Å². The molecule has 0 bridgehead atoms. The molecule has 0 saturated heterocycles. The summed E-state index contributed by atoms with van der Waals surface area (Å²) in [5.41, 5.74) is 2.38. The van der Waals surface area contributed by atoms with Gasteiger partial charge in [0.05, 0.1) is 4.90 Å². The van der Waals surface area contributed by atoms with E-state index < -0.39 is 21.7 Å². The maximum Gasteiger partial charge on any atom is 0.240 e. The SMILES string of the molecule is Cc1ccc(SCCNS(=O)(=O)c2ccc(F)c(F)c2)cc1C. The normalized spacial score (nSPS) is 11.7. The highest BCUT2D eigenvalue weighted by Gasteiger charge is 2.15. The van der Waals surface area contributed by atoms with Gasteiger partial charge in [0.1, 0.15) is 0 Å². The Labute approximate surface area is 139 Å². The number of halogens is 2. The Kier molecular flexibility index (Phi) is 5.78. The first kappa shape index (κ1) is 17.9. The number of aryl methyl sites for hydroxylation is 2. The smallest absolute Gasteiger partial charge is 0.210 e. The summed E-state index contributed by atoms with van der Waals surface area (Å²) in [5.74, 6) is -1.72. The zero-order valence-corrected chi connectivity index (χ0v) is 14.4. The van der Waals surface area contributed by atoms with Gasteiger partial charge in [-0.15, -0.1) is 11.8 Å². The molecule has 0 spiro atoms. The molecule has 3 nitrogen and oxygen atoms in total. The van der Waals surface area contributed by atoms with Gasteiger partial charge in [-0.05, 0) is 55.3 Å². The van der Waals surface area contributed by atoms with Gasteiger partial charge < -0.3 is 0 Å². The molecule has 0 saturated carbocycles. The monoisotopic (exact) mass is 357 g/mol. The lowest BCUT2D eigenvalue weighted by Crippen LogP contribution is -2.26. The summed E-state index contributed by atoms with van der Waals surface area (Å²) in [5, 5.41) is 0. The van der Waals surface area contributed by atoms with E-state index in [1.165, 1.54) is 22.9 Å². The van der Waals surface area contributed by atoms with Gasteiger partial charge in [0.25, 0.3) is 0 Å². The summed E-state index contributed by atoms with van der Waals surface area (Å²) in [4.78, 5) is 0.771. The van der Waals surface area contributed by atoms with Crippen LogP contribution < -0.4 is 4.72 Å². The van der Waals surface area contributed by atoms with Crippen LogP contribution >= 0.6 is 11.8 Å². The topological polar surface area (TPSA) is 46.2 Å². The Morgan fingerprint density at radius 1 is 1.00 bits per heavy atom. The molecule has 0 atom stereocenters. The third kappa shape index (κ3) is 4.76.